The van der Waals surface area contributed by atoms with Crippen LogP contribution in [0.3, 0.4) is 0 Å². The molecule has 0 aliphatic rings. The molecule has 1 atom stereocenters. The molecule has 2 aromatic rings. The average molecular weight is 521 g/mol. The van der Waals surface area contributed by atoms with Gasteiger partial charge in [0.15, 0.2) is 0 Å². The van der Waals surface area contributed by atoms with Crippen LogP contribution in [0.5, 0.6) is 0 Å². The minimum Gasteiger partial charge on any atom is -0.466 e. The Morgan fingerprint density at radius 2 is 1.69 bits per heavy atom. The Kier molecular flexibility index (Phi) is 9.03. The van der Waals surface area contributed by atoms with Gasteiger partial charge in [-0.05, 0) is 41.3 Å². The summed E-state index contributed by atoms with van der Waals surface area (Å²) in [5.74, 6) is -1.47. The fourth-order valence-electron chi connectivity index (χ4n) is 2.52. The van der Waals surface area contributed by atoms with Crippen LogP contribution in [0.1, 0.15) is 22.6 Å². The molecule has 0 saturated heterocycles. The number of benzene rings is 2. The van der Waals surface area contributed by atoms with Crippen LogP contribution >= 0.6 is 50.7 Å². The first-order chi connectivity index (χ1) is 13.7. The number of rotatable bonds is 7. The molecule has 0 N–H and O–H groups in total. The number of halogens is 4. The second-order valence-electron chi connectivity index (χ2n) is 6.13. The van der Waals surface area contributed by atoms with Gasteiger partial charge in [-0.1, -0.05) is 87.1 Å². The molecule has 0 unspecified atom stereocenters. The first kappa shape index (κ1) is 23.7. The van der Waals surface area contributed by atoms with E-state index in [0.717, 1.165) is 21.2 Å². The molecule has 0 spiro atoms. The van der Waals surface area contributed by atoms with Crippen molar-refractivity contribution in [3.8, 4) is 0 Å². The molecule has 2 rings (SSSR count). The fraction of sp³-hybridized carbons (Fsp3) is 0.238. The van der Waals surface area contributed by atoms with Crippen molar-refractivity contribution < 1.29 is 19.1 Å². The molecule has 8 heteroatoms. The van der Waals surface area contributed by atoms with Crippen molar-refractivity contribution in [1.29, 1.82) is 0 Å². The normalized spacial score (nSPS) is 12.6. The molecular weight excluding hydrogens is 502 g/mol. The quantitative estimate of drug-likeness (QED) is 0.260. The molecule has 0 saturated carbocycles. The summed E-state index contributed by atoms with van der Waals surface area (Å²) in [6.07, 6.45) is 3.39. The highest BCUT2D eigenvalue weighted by molar-refractivity contribution is 9.10. The summed E-state index contributed by atoms with van der Waals surface area (Å²) in [6, 6.07) is 14.9. The van der Waals surface area contributed by atoms with Gasteiger partial charge in [0.2, 0.25) is 3.79 Å². The lowest BCUT2D eigenvalue weighted by Gasteiger charge is -2.19. The van der Waals surface area contributed by atoms with E-state index in [0.29, 0.717) is 6.42 Å². The zero-order valence-corrected chi connectivity index (χ0v) is 19.3. The number of esters is 2. The highest BCUT2D eigenvalue weighted by Crippen LogP contribution is 2.29. The first-order valence-electron chi connectivity index (χ1n) is 8.52. The van der Waals surface area contributed by atoms with E-state index in [1.165, 1.54) is 13.2 Å². The third kappa shape index (κ3) is 8.39. The smallest absolute Gasteiger partial charge is 0.330 e. The van der Waals surface area contributed by atoms with E-state index in [9.17, 15) is 9.59 Å². The Labute approximate surface area is 192 Å². The molecule has 2 aromatic carbocycles. The Balaban J connectivity index is 2.18. The number of ether oxygens (including phenoxy) is 2. The number of hydrogen-bond acceptors (Lipinski definition) is 4. The molecule has 0 radical (unpaired) electrons. The molecule has 0 aliphatic carbocycles. The summed E-state index contributed by atoms with van der Waals surface area (Å²) in [7, 11) is 1.32. The van der Waals surface area contributed by atoms with Crippen molar-refractivity contribution in [2.45, 2.75) is 16.1 Å². The number of methoxy groups -OCH3 is 1. The first-order valence-corrected chi connectivity index (χ1v) is 10.4. The number of carbonyl (C=O) groups excluding carboxylic acids is 2. The predicted molar refractivity (Wildman–Crippen MR) is 119 cm³/mol. The maximum absolute atomic E-state index is 12.7. The Bertz CT molecular complexity index is 859. The molecule has 0 heterocycles. The molecule has 0 bridgehead atoms. The van der Waals surface area contributed by atoms with Crippen molar-refractivity contribution in [2.24, 2.45) is 0 Å². The number of hydrogen-bond donors (Lipinski definition) is 0. The maximum atomic E-state index is 12.7. The van der Waals surface area contributed by atoms with Gasteiger partial charge >= 0.3 is 11.9 Å². The van der Waals surface area contributed by atoms with Crippen molar-refractivity contribution >= 4 is 68.7 Å². The lowest BCUT2D eigenvalue weighted by atomic mass is 9.91. The van der Waals surface area contributed by atoms with Crippen molar-refractivity contribution in [3.63, 3.8) is 0 Å². The van der Waals surface area contributed by atoms with Crippen LogP contribution in [0.25, 0.3) is 6.08 Å². The van der Waals surface area contributed by atoms with E-state index < -0.39 is 21.6 Å². The summed E-state index contributed by atoms with van der Waals surface area (Å²) in [4.78, 5) is 23.9. The molecule has 0 aliphatic heterocycles. The standard InChI is InChI=1S/C21H18BrCl3O4/c1-28-19(26)11-6-14-2-4-15(5-3-14)12-18(16-7-9-17(22)10-8-16)20(27)29-13-21(23,24)25/h2-11,18H,12-13H2,1H3/b11-6+/t18-/m0/s1. The van der Waals surface area contributed by atoms with E-state index in [2.05, 4.69) is 20.7 Å². The van der Waals surface area contributed by atoms with Crippen LogP contribution in [-0.4, -0.2) is 29.4 Å². The third-order valence-electron chi connectivity index (χ3n) is 3.97. The average Bonchev–Trinajstić information content (AvgIpc) is 2.69. The molecule has 154 valence electrons. The monoisotopic (exact) mass is 518 g/mol. The molecule has 29 heavy (non-hydrogen) atoms. The van der Waals surface area contributed by atoms with Gasteiger partial charge in [-0.3, -0.25) is 4.79 Å². The van der Waals surface area contributed by atoms with Crippen LogP contribution in [0.4, 0.5) is 0 Å². The summed E-state index contributed by atoms with van der Waals surface area (Å²) >= 11 is 20.5. The predicted octanol–water partition coefficient (Wildman–Crippen LogP) is 5.88. The fourth-order valence-corrected chi connectivity index (χ4v) is 2.95. The zero-order chi connectivity index (χ0) is 21.4. The minimum absolute atomic E-state index is 0.333. The van der Waals surface area contributed by atoms with Crippen LogP contribution in [0.2, 0.25) is 0 Å². The second kappa shape index (κ2) is 11.0. The maximum Gasteiger partial charge on any atom is 0.330 e. The minimum atomic E-state index is -1.67. The van der Waals surface area contributed by atoms with Crippen LogP contribution < -0.4 is 0 Å². The van der Waals surface area contributed by atoms with Gasteiger partial charge in [0.1, 0.15) is 6.61 Å². The molecular formula is C21H18BrCl3O4. The van der Waals surface area contributed by atoms with Gasteiger partial charge in [-0.15, -0.1) is 0 Å². The highest BCUT2D eigenvalue weighted by Gasteiger charge is 2.27. The zero-order valence-electron chi connectivity index (χ0n) is 15.4. The Hall–Kier alpha value is -1.53. The lowest BCUT2D eigenvalue weighted by molar-refractivity contribution is -0.145. The molecule has 4 nitrogen and oxygen atoms in total. The van der Waals surface area contributed by atoms with Gasteiger partial charge in [-0.25, -0.2) is 4.79 Å². The van der Waals surface area contributed by atoms with E-state index in [1.807, 2.05) is 48.5 Å². The largest absolute Gasteiger partial charge is 0.466 e. The van der Waals surface area contributed by atoms with Gasteiger partial charge in [0, 0.05) is 10.5 Å². The highest BCUT2D eigenvalue weighted by atomic mass is 79.9. The Morgan fingerprint density at radius 1 is 1.07 bits per heavy atom. The molecule has 0 fully saturated rings. The topological polar surface area (TPSA) is 52.6 Å². The molecule has 0 aromatic heterocycles. The van der Waals surface area contributed by atoms with Gasteiger partial charge in [0.25, 0.3) is 0 Å². The van der Waals surface area contributed by atoms with E-state index in [1.54, 1.807) is 6.08 Å². The van der Waals surface area contributed by atoms with Gasteiger partial charge in [-0.2, -0.15) is 0 Å². The van der Waals surface area contributed by atoms with Gasteiger partial charge < -0.3 is 9.47 Å². The van der Waals surface area contributed by atoms with Crippen LogP contribution in [0, 0.1) is 0 Å². The van der Waals surface area contributed by atoms with Crippen molar-refractivity contribution in [2.75, 3.05) is 13.7 Å². The van der Waals surface area contributed by atoms with E-state index >= 15 is 0 Å². The molecule has 0 amide bonds. The van der Waals surface area contributed by atoms with Crippen LogP contribution in [-0.2, 0) is 25.5 Å². The van der Waals surface area contributed by atoms with E-state index in [-0.39, 0.29) is 6.61 Å². The Morgan fingerprint density at radius 3 is 2.24 bits per heavy atom. The van der Waals surface area contributed by atoms with Crippen molar-refractivity contribution in [1.82, 2.24) is 0 Å². The van der Waals surface area contributed by atoms with Gasteiger partial charge in [0.05, 0.1) is 13.0 Å². The summed E-state index contributed by atoms with van der Waals surface area (Å²) in [5.41, 5.74) is 2.54. The number of alkyl halides is 3. The SMILES string of the molecule is COC(=O)/C=C/c1ccc(C[C@H](C(=O)OCC(Cl)(Cl)Cl)c2ccc(Br)cc2)cc1. The van der Waals surface area contributed by atoms with Crippen molar-refractivity contribution in [3.05, 3.63) is 75.8 Å². The summed E-state index contributed by atoms with van der Waals surface area (Å²) in [6.45, 7) is -0.333. The lowest BCUT2D eigenvalue weighted by Crippen LogP contribution is -2.23. The summed E-state index contributed by atoms with van der Waals surface area (Å²) < 4.78 is 9.01. The summed E-state index contributed by atoms with van der Waals surface area (Å²) in [5, 5.41) is 0. The van der Waals surface area contributed by atoms with E-state index in [4.69, 9.17) is 39.5 Å². The second-order valence-corrected chi connectivity index (χ2v) is 9.56. The third-order valence-corrected chi connectivity index (χ3v) is 4.82. The number of carbonyl (C=O) groups is 2. The van der Waals surface area contributed by atoms with Crippen LogP contribution in [0.15, 0.2) is 59.1 Å².